The first-order chi connectivity index (χ1) is 8.79. The summed E-state index contributed by atoms with van der Waals surface area (Å²) >= 11 is 0. The van der Waals surface area contributed by atoms with Crippen molar-refractivity contribution in [1.82, 2.24) is 0 Å². The smallest absolute Gasteiger partial charge is 0.224 e. The highest BCUT2D eigenvalue weighted by Gasteiger charge is 2.15. The normalized spacial score (nSPS) is 19.3. The molecule has 2 N–H and O–H groups in total. The number of carbonyl (C=O) groups excluding carboxylic acids is 1. The maximum Gasteiger partial charge on any atom is 0.224 e. The molecule has 4 heteroatoms. The molecule has 1 amide bonds. The predicted molar refractivity (Wildman–Crippen MR) is 72.8 cm³/mol. The summed E-state index contributed by atoms with van der Waals surface area (Å²) in [7, 11) is 0. The Labute approximate surface area is 108 Å². The molecule has 0 aromatic heterocycles. The Kier molecular flexibility index (Phi) is 4.59. The molecule has 2 rings (SSSR count). The second-order valence-electron chi connectivity index (χ2n) is 4.51. The van der Waals surface area contributed by atoms with Gasteiger partial charge in [-0.15, -0.1) is 0 Å². The SMILES string of the molecule is CCC(=O)Nc1ccccc1NC1CCCOC1. The summed E-state index contributed by atoms with van der Waals surface area (Å²) in [5.74, 6) is 0.0316. The molecule has 0 aliphatic carbocycles. The fourth-order valence-corrected chi connectivity index (χ4v) is 2.03. The first-order valence-corrected chi connectivity index (χ1v) is 6.52. The van der Waals surface area contributed by atoms with E-state index in [4.69, 9.17) is 4.74 Å². The molecule has 1 aliphatic rings. The number of para-hydroxylation sites is 2. The van der Waals surface area contributed by atoms with Gasteiger partial charge in [-0.1, -0.05) is 19.1 Å². The van der Waals surface area contributed by atoms with E-state index in [1.54, 1.807) is 0 Å². The fraction of sp³-hybridized carbons (Fsp3) is 0.500. The maximum atomic E-state index is 11.5. The van der Waals surface area contributed by atoms with Crippen molar-refractivity contribution in [2.75, 3.05) is 23.8 Å². The molecule has 1 aliphatic heterocycles. The molecule has 1 unspecified atom stereocenters. The van der Waals surface area contributed by atoms with Crippen molar-refractivity contribution in [1.29, 1.82) is 0 Å². The molecule has 1 fully saturated rings. The molecule has 1 aromatic rings. The van der Waals surface area contributed by atoms with Crippen molar-refractivity contribution >= 4 is 17.3 Å². The Morgan fingerprint density at radius 1 is 1.39 bits per heavy atom. The van der Waals surface area contributed by atoms with Crippen LogP contribution in [0.5, 0.6) is 0 Å². The van der Waals surface area contributed by atoms with E-state index in [0.29, 0.717) is 12.5 Å². The molecule has 1 aromatic carbocycles. The average Bonchev–Trinajstić information content (AvgIpc) is 2.42. The van der Waals surface area contributed by atoms with Gasteiger partial charge in [-0.2, -0.15) is 0 Å². The van der Waals surface area contributed by atoms with E-state index in [9.17, 15) is 4.79 Å². The first kappa shape index (κ1) is 12.9. The summed E-state index contributed by atoms with van der Waals surface area (Å²) in [5.41, 5.74) is 1.81. The molecule has 0 saturated carbocycles. The number of hydrogen-bond acceptors (Lipinski definition) is 3. The van der Waals surface area contributed by atoms with Crippen LogP contribution < -0.4 is 10.6 Å². The van der Waals surface area contributed by atoms with E-state index in [1.807, 2.05) is 31.2 Å². The van der Waals surface area contributed by atoms with Crippen LogP contribution in [0.2, 0.25) is 0 Å². The van der Waals surface area contributed by atoms with Crippen LogP contribution in [-0.2, 0) is 9.53 Å². The third-order valence-electron chi connectivity index (χ3n) is 3.04. The Bertz CT molecular complexity index is 401. The van der Waals surface area contributed by atoms with Gasteiger partial charge in [0, 0.05) is 19.1 Å². The van der Waals surface area contributed by atoms with Gasteiger partial charge in [0.05, 0.1) is 18.0 Å². The molecule has 1 saturated heterocycles. The van der Waals surface area contributed by atoms with Crippen LogP contribution in [-0.4, -0.2) is 25.2 Å². The summed E-state index contributed by atoms with van der Waals surface area (Å²) in [6.07, 6.45) is 2.68. The van der Waals surface area contributed by atoms with Gasteiger partial charge < -0.3 is 15.4 Å². The van der Waals surface area contributed by atoms with E-state index < -0.39 is 0 Å². The average molecular weight is 248 g/mol. The Balaban J connectivity index is 2.04. The van der Waals surface area contributed by atoms with Gasteiger partial charge in [-0.25, -0.2) is 0 Å². The van der Waals surface area contributed by atoms with E-state index in [0.717, 1.165) is 37.4 Å². The molecule has 4 nitrogen and oxygen atoms in total. The second kappa shape index (κ2) is 6.40. The number of anilines is 2. The Hall–Kier alpha value is -1.55. The summed E-state index contributed by atoms with van der Waals surface area (Å²) < 4.78 is 5.45. The number of nitrogens with one attached hydrogen (secondary N) is 2. The molecule has 98 valence electrons. The molecule has 0 radical (unpaired) electrons. The van der Waals surface area contributed by atoms with Gasteiger partial charge in [0.2, 0.25) is 5.91 Å². The zero-order valence-corrected chi connectivity index (χ0v) is 10.7. The van der Waals surface area contributed by atoms with E-state index in [-0.39, 0.29) is 5.91 Å². The van der Waals surface area contributed by atoms with Gasteiger partial charge in [-0.05, 0) is 25.0 Å². The highest BCUT2D eigenvalue weighted by Crippen LogP contribution is 2.23. The van der Waals surface area contributed by atoms with Gasteiger partial charge in [0.1, 0.15) is 0 Å². The van der Waals surface area contributed by atoms with Gasteiger partial charge in [0.15, 0.2) is 0 Å². The fourth-order valence-electron chi connectivity index (χ4n) is 2.03. The summed E-state index contributed by atoms with van der Waals surface area (Å²) in [5, 5.41) is 6.35. The molecular formula is C14H20N2O2. The van der Waals surface area contributed by atoms with Gasteiger partial charge in [-0.3, -0.25) is 4.79 Å². The van der Waals surface area contributed by atoms with E-state index >= 15 is 0 Å². The number of hydrogen-bond donors (Lipinski definition) is 2. The van der Waals surface area contributed by atoms with Gasteiger partial charge in [0.25, 0.3) is 0 Å². The highest BCUT2D eigenvalue weighted by atomic mass is 16.5. The third-order valence-corrected chi connectivity index (χ3v) is 3.04. The first-order valence-electron chi connectivity index (χ1n) is 6.52. The minimum absolute atomic E-state index is 0.0316. The minimum Gasteiger partial charge on any atom is -0.379 e. The topological polar surface area (TPSA) is 50.4 Å². The summed E-state index contributed by atoms with van der Waals surface area (Å²) in [6, 6.07) is 8.12. The van der Waals surface area contributed by atoms with Crippen LogP contribution in [0.15, 0.2) is 24.3 Å². The summed E-state index contributed by atoms with van der Waals surface area (Å²) in [6.45, 7) is 3.43. The standard InChI is InChI=1S/C14H20N2O2/c1-2-14(17)16-13-8-4-3-7-12(13)15-11-6-5-9-18-10-11/h3-4,7-8,11,15H,2,5-6,9-10H2,1H3,(H,16,17). The van der Waals surface area contributed by atoms with E-state index in [1.165, 1.54) is 0 Å². The number of rotatable bonds is 4. The largest absolute Gasteiger partial charge is 0.379 e. The lowest BCUT2D eigenvalue weighted by atomic mass is 10.1. The molecule has 0 spiro atoms. The number of benzene rings is 1. The van der Waals surface area contributed by atoms with Crippen molar-refractivity contribution in [2.45, 2.75) is 32.2 Å². The number of carbonyl (C=O) groups is 1. The van der Waals surface area contributed by atoms with Crippen LogP contribution in [0.25, 0.3) is 0 Å². The highest BCUT2D eigenvalue weighted by molar-refractivity contribution is 5.94. The maximum absolute atomic E-state index is 11.5. The lowest BCUT2D eigenvalue weighted by molar-refractivity contribution is -0.115. The quantitative estimate of drug-likeness (QED) is 0.861. The Morgan fingerprint density at radius 3 is 2.83 bits per heavy atom. The Morgan fingerprint density at radius 2 is 2.17 bits per heavy atom. The lowest BCUT2D eigenvalue weighted by Crippen LogP contribution is -2.30. The van der Waals surface area contributed by atoms with Crippen LogP contribution >= 0.6 is 0 Å². The predicted octanol–water partition coefficient (Wildman–Crippen LogP) is 2.63. The minimum atomic E-state index is 0.0316. The zero-order valence-electron chi connectivity index (χ0n) is 10.7. The van der Waals surface area contributed by atoms with Crippen molar-refractivity contribution < 1.29 is 9.53 Å². The van der Waals surface area contributed by atoms with Crippen molar-refractivity contribution in [3.63, 3.8) is 0 Å². The van der Waals surface area contributed by atoms with Crippen LogP contribution in [0.4, 0.5) is 11.4 Å². The van der Waals surface area contributed by atoms with Crippen LogP contribution in [0.1, 0.15) is 26.2 Å². The number of amides is 1. The van der Waals surface area contributed by atoms with Crippen LogP contribution in [0.3, 0.4) is 0 Å². The third kappa shape index (κ3) is 3.47. The van der Waals surface area contributed by atoms with E-state index in [2.05, 4.69) is 10.6 Å². The summed E-state index contributed by atoms with van der Waals surface area (Å²) in [4.78, 5) is 11.5. The monoisotopic (exact) mass is 248 g/mol. The molecular weight excluding hydrogens is 228 g/mol. The zero-order chi connectivity index (χ0) is 12.8. The number of ether oxygens (including phenoxy) is 1. The second-order valence-corrected chi connectivity index (χ2v) is 4.51. The molecule has 0 bridgehead atoms. The van der Waals surface area contributed by atoms with Crippen molar-refractivity contribution in [3.8, 4) is 0 Å². The van der Waals surface area contributed by atoms with Crippen molar-refractivity contribution in [2.24, 2.45) is 0 Å². The molecule has 18 heavy (non-hydrogen) atoms. The lowest BCUT2D eigenvalue weighted by Gasteiger charge is -2.25. The molecule has 1 atom stereocenters. The molecule has 1 heterocycles. The van der Waals surface area contributed by atoms with Crippen LogP contribution in [0, 0.1) is 0 Å². The van der Waals surface area contributed by atoms with Gasteiger partial charge >= 0.3 is 0 Å². The van der Waals surface area contributed by atoms with Crippen molar-refractivity contribution in [3.05, 3.63) is 24.3 Å².